The van der Waals surface area contributed by atoms with Crippen molar-refractivity contribution in [1.82, 2.24) is 15.1 Å². The van der Waals surface area contributed by atoms with Gasteiger partial charge >= 0.3 is 0 Å². The molecule has 30 heavy (non-hydrogen) atoms. The molecule has 4 heterocycles. The highest BCUT2D eigenvalue weighted by molar-refractivity contribution is 7.10. The topological polar surface area (TPSA) is 69.3 Å². The Kier molecular flexibility index (Phi) is 5.12. The molecule has 7 heteroatoms. The second kappa shape index (κ2) is 8.07. The molecule has 2 amide bonds. The first-order valence-electron chi connectivity index (χ1n) is 10.5. The number of thiophene rings is 1. The van der Waals surface area contributed by atoms with E-state index in [-0.39, 0.29) is 17.9 Å². The Morgan fingerprint density at radius 3 is 2.90 bits per heavy atom. The summed E-state index contributed by atoms with van der Waals surface area (Å²) in [7, 11) is 0. The molecule has 2 aliphatic heterocycles. The van der Waals surface area contributed by atoms with E-state index >= 15 is 0 Å². The number of H-pyrrole nitrogens is 1. The number of anilines is 1. The summed E-state index contributed by atoms with van der Waals surface area (Å²) in [6, 6.07) is 13.8. The molecule has 2 aliphatic rings. The molecule has 154 valence electrons. The van der Waals surface area contributed by atoms with E-state index in [9.17, 15) is 9.59 Å². The van der Waals surface area contributed by atoms with Gasteiger partial charge in [-0.05, 0) is 54.8 Å². The number of aromatic nitrogens is 2. The molecular weight excluding hydrogens is 396 g/mol. The van der Waals surface area contributed by atoms with Crippen LogP contribution in [0.3, 0.4) is 0 Å². The van der Waals surface area contributed by atoms with E-state index in [4.69, 9.17) is 0 Å². The summed E-state index contributed by atoms with van der Waals surface area (Å²) in [6.45, 7) is 1.42. The average Bonchev–Trinajstić information content (AvgIpc) is 3.53. The van der Waals surface area contributed by atoms with Gasteiger partial charge < -0.3 is 9.80 Å². The van der Waals surface area contributed by atoms with Gasteiger partial charge in [-0.1, -0.05) is 24.3 Å². The Labute approximate surface area is 179 Å². The number of carbonyl (C=O) groups excluding carboxylic acids is 2. The average molecular weight is 421 g/mol. The molecule has 0 saturated carbocycles. The quantitative estimate of drug-likeness (QED) is 0.694. The Bertz CT molecular complexity index is 1060. The number of likely N-dealkylation sites (tertiary alicyclic amines) is 1. The van der Waals surface area contributed by atoms with Gasteiger partial charge in [0.25, 0.3) is 5.91 Å². The van der Waals surface area contributed by atoms with Crippen molar-refractivity contribution in [3.8, 4) is 0 Å². The molecule has 1 N–H and O–H groups in total. The van der Waals surface area contributed by atoms with Crippen LogP contribution in [0, 0.1) is 0 Å². The molecule has 1 fully saturated rings. The second-order valence-electron chi connectivity index (χ2n) is 7.90. The van der Waals surface area contributed by atoms with E-state index in [1.807, 2.05) is 46.7 Å². The van der Waals surface area contributed by atoms with Gasteiger partial charge in [0.15, 0.2) is 5.69 Å². The van der Waals surface area contributed by atoms with Crippen molar-refractivity contribution < 1.29 is 9.59 Å². The number of hydrogen-bond donors (Lipinski definition) is 1. The number of hydrogen-bond acceptors (Lipinski definition) is 4. The fourth-order valence-corrected chi connectivity index (χ4v) is 5.22. The summed E-state index contributed by atoms with van der Waals surface area (Å²) in [5, 5.41) is 9.38. The summed E-state index contributed by atoms with van der Waals surface area (Å²) in [5.74, 6) is 0.0489. The lowest BCUT2D eigenvalue weighted by Gasteiger charge is -2.35. The van der Waals surface area contributed by atoms with Crippen molar-refractivity contribution in [2.45, 2.75) is 38.1 Å². The van der Waals surface area contributed by atoms with Crippen LogP contribution in [0.25, 0.3) is 0 Å². The molecule has 1 saturated heterocycles. The molecule has 5 rings (SSSR count). The Morgan fingerprint density at radius 1 is 1.13 bits per heavy atom. The molecule has 0 radical (unpaired) electrons. The maximum Gasteiger partial charge on any atom is 0.278 e. The second-order valence-corrected chi connectivity index (χ2v) is 8.93. The lowest BCUT2D eigenvalue weighted by Crippen LogP contribution is -2.39. The van der Waals surface area contributed by atoms with Gasteiger partial charge in [0.05, 0.1) is 18.2 Å². The monoisotopic (exact) mass is 420 g/mol. The maximum absolute atomic E-state index is 13.1. The predicted octanol–water partition coefficient (Wildman–Crippen LogP) is 3.97. The van der Waals surface area contributed by atoms with Crippen LogP contribution in [-0.2, 0) is 17.6 Å². The molecule has 6 nitrogen and oxygen atoms in total. The maximum atomic E-state index is 13.1. The molecule has 1 aromatic carbocycles. The first kappa shape index (κ1) is 19.1. The molecule has 2 aromatic heterocycles. The molecular formula is C23H24N4O2S. The number of nitrogens with zero attached hydrogens (tertiary/aromatic N) is 3. The van der Waals surface area contributed by atoms with Crippen LogP contribution in [0.15, 0.2) is 47.8 Å². The van der Waals surface area contributed by atoms with Crippen LogP contribution in [0.1, 0.15) is 51.9 Å². The number of amides is 2. The van der Waals surface area contributed by atoms with Gasteiger partial charge in [-0.15, -0.1) is 11.3 Å². The SMILES string of the molecule is O=C(c1cc(C2CCCCN2C(=O)Cc2cccs2)[nH]n1)N1CCc2ccccc21. The number of para-hydroxylation sites is 1. The van der Waals surface area contributed by atoms with E-state index in [0.29, 0.717) is 18.7 Å². The Balaban J connectivity index is 1.34. The van der Waals surface area contributed by atoms with Crippen molar-refractivity contribution in [1.29, 1.82) is 0 Å². The normalized spacial score (nSPS) is 18.5. The van der Waals surface area contributed by atoms with Gasteiger partial charge in [-0.25, -0.2) is 0 Å². The van der Waals surface area contributed by atoms with Crippen LogP contribution in [0.2, 0.25) is 0 Å². The lowest BCUT2D eigenvalue weighted by atomic mass is 9.98. The minimum Gasteiger partial charge on any atom is -0.334 e. The molecule has 3 aromatic rings. The molecule has 0 spiro atoms. The van der Waals surface area contributed by atoms with E-state index in [1.54, 1.807) is 16.2 Å². The van der Waals surface area contributed by atoms with Gasteiger partial charge in [-0.2, -0.15) is 5.10 Å². The zero-order valence-electron chi connectivity index (χ0n) is 16.7. The first-order chi connectivity index (χ1) is 14.7. The number of benzene rings is 1. The highest BCUT2D eigenvalue weighted by Crippen LogP contribution is 2.32. The standard InChI is InChI=1S/C23H24N4O2S/c28-22(14-17-7-5-13-30-17)26-11-4-3-9-21(26)18-15-19(25-24-18)23(29)27-12-10-16-6-1-2-8-20(16)27/h1-2,5-8,13,15,21H,3-4,9-12,14H2,(H,24,25). The number of rotatable bonds is 4. The van der Waals surface area contributed by atoms with Crippen LogP contribution < -0.4 is 4.90 Å². The van der Waals surface area contributed by atoms with E-state index in [0.717, 1.165) is 48.5 Å². The van der Waals surface area contributed by atoms with Crippen LogP contribution in [0.4, 0.5) is 5.69 Å². The largest absolute Gasteiger partial charge is 0.334 e. The van der Waals surface area contributed by atoms with E-state index < -0.39 is 0 Å². The predicted molar refractivity (Wildman–Crippen MR) is 117 cm³/mol. The summed E-state index contributed by atoms with van der Waals surface area (Å²) in [6.07, 6.45) is 4.26. The van der Waals surface area contributed by atoms with Crippen molar-refractivity contribution in [3.05, 3.63) is 69.7 Å². The Hall–Kier alpha value is -2.93. The first-order valence-corrected chi connectivity index (χ1v) is 11.4. The van der Waals surface area contributed by atoms with Gasteiger partial charge in [0.1, 0.15) is 0 Å². The summed E-state index contributed by atoms with van der Waals surface area (Å²) >= 11 is 1.61. The van der Waals surface area contributed by atoms with Gasteiger partial charge in [0, 0.05) is 23.7 Å². The molecule has 0 bridgehead atoms. The lowest BCUT2D eigenvalue weighted by molar-refractivity contribution is -0.134. The number of nitrogens with one attached hydrogen (secondary N) is 1. The molecule has 1 unspecified atom stereocenters. The fraction of sp³-hybridized carbons (Fsp3) is 0.348. The third-order valence-corrected chi connectivity index (χ3v) is 6.91. The summed E-state index contributed by atoms with van der Waals surface area (Å²) in [4.78, 5) is 30.9. The highest BCUT2D eigenvalue weighted by atomic mass is 32.1. The zero-order chi connectivity index (χ0) is 20.5. The van der Waals surface area contributed by atoms with Gasteiger partial charge in [0.2, 0.25) is 5.91 Å². The van der Waals surface area contributed by atoms with Crippen molar-refractivity contribution >= 4 is 28.8 Å². The van der Waals surface area contributed by atoms with Gasteiger partial charge in [-0.3, -0.25) is 14.7 Å². The number of fused-ring (bicyclic) bond motifs is 1. The summed E-state index contributed by atoms with van der Waals surface area (Å²) < 4.78 is 0. The third-order valence-electron chi connectivity index (χ3n) is 6.04. The van der Waals surface area contributed by atoms with Crippen molar-refractivity contribution in [2.24, 2.45) is 0 Å². The third kappa shape index (κ3) is 3.54. The zero-order valence-corrected chi connectivity index (χ0v) is 17.5. The van der Waals surface area contributed by atoms with Crippen LogP contribution >= 0.6 is 11.3 Å². The number of carbonyl (C=O) groups is 2. The van der Waals surface area contributed by atoms with E-state index in [1.165, 1.54) is 5.56 Å². The minimum atomic E-state index is -0.0882. The molecule has 0 aliphatic carbocycles. The van der Waals surface area contributed by atoms with Crippen molar-refractivity contribution in [3.63, 3.8) is 0 Å². The fourth-order valence-electron chi connectivity index (χ4n) is 4.52. The minimum absolute atomic E-state index is 0.0499. The number of piperidine rings is 1. The summed E-state index contributed by atoms with van der Waals surface area (Å²) in [5.41, 5.74) is 3.43. The number of aromatic amines is 1. The Morgan fingerprint density at radius 2 is 2.03 bits per heavy atom. The van der Waals surface area contributed by atoms with Crippen LogP contribution in [-0.4, -0.2) is 40.0 Å². The smallest absolute Gasteiger partial charge is 0.278 e. The van der Waals surface area contributed by atoms with E-state index in [2.05, 4.69) is 16.3 Å². The van der Waals surface area contributed by atoms with Crippen LogP contribution in [0.5, 0.6) is 0 Å². The van der Waals surface area contributed by atoms with Crippen molar-refractivity contribution in [2.75, 3.05) is 18.0 Å². The highest BCUT2D eigenvalue weighted by Gasteiger charge is 2.31. The molecule has 1 atom stereocenters.